The Morgan fingerprint density at radius 2 is 1.51 bits per heavy atom. The van der Waals surface area contributed by atoms with Crippen LogP contribution >= 0.6 is 0 Å². The van der Waals surface area contributed by atoms with E-state index in [1.165, 1.54) is 11.0 Å². The lowest BCUT2D eigenvalue weighted by Crippen LogP contribution is -2.38. The molecule has 1 heterocycles. The van der Waals surface area contributed by atoms with Gasteiger partial charge in [0.25, 0.3) is 0 Å². The van der Waals surface area contributed by atoms with Gasteiger partial charge in [-0.2, -0.15) is 39.5 Å². The monoisotopic (exact) mass is 513 g/mol. The summed E-state index contributed by atoms with van der Waals surface area (Å²) in [6, 6.07) is 4.24. The van der Waals surface area contributed by atoms with Crippen LogP contribution in [0.3, 0.4) is 0 Å². The first-order valence-corrected chi connectivity index (χ1v) is 10.5. The second-order valence-corrected chi connectivity index (χ2v) is 8.43. The van der Waals surface area contributed by atoms with Gasteiger partial charge in [0.05, 0.1) is 16.7 Å². The molecule has 0 aromatic heterocycles. The molecule has 12 heteroatoms. The number of nitrogens with zero attached hydrogens (tertiary/aromatic N) is 1. The number of benzene rings is 2. The Hall–Kier alpha value is -2.76. The maximum Gasteiger partial charge on any atom is 0.416 e. The lowest BCUT2D eigenvalue weighted by molar-refractivity contribution is -0.142. The molecular weight excluding hydrogens is 493 g/mol. The van der Waals surface area contributed by atoms with E-state index in [1.807, 2.05) is 0 Å². The Balaban J connectivity index is 2.07. The zero-order valence-electron chi connectivity index (χ0n) is 17.9. The van der Waals surface area contributed by atoms with Gasteiger partial charge in [-0.1, -0.05) is 18.2 Å². The Morgan fingerprint density at radius 3 is 2.09 bits per heavy atom. The lowest BCUT2D eigenvalue weighted by Gasteiger charge is -2.41. The van der Waals surface area contributed by atoms with Gasteiger partial charge >= 0.3 is 24.5 Å². The Kier molecular flexibility index (Phi) is 7.45. The van der Waals surface area contributed by atoms with Crippen LogP contribution in [0.5, 0.6) is 0 Å². The van der Waals surface area contributed by atoms with Crippen LogP contribution in [0.2, 0.25) is 0 Å². The molecular formula is C23H20F9NO2. The van der Waals surface area contributed by atoms with Crippen LogP contribution in [0, 0.1) is 5.92 Å². The number of hydrogen-bond donors (Lipinski definition) is 1. The third kappa shape index (κ3) is 6.47. The van der Waals surface area contributed by atoms with E-state index in [0.29, 0.717) is 18.2 Å². The summed E-state index contributed by atoms with van der Waals surface area (Å²) < 4.78 is 121. The van der Waals surface area contributed by atoms with E-state index in [1.54, 1.807) is 0 Å². The van der Waals surface area contributed by atoms with Crippen LogP contribution in [0.4, 0.5) is 39.5 Å². The van der Waals surface area contributed by atoms with Crippen LogP contribution in [-0.2, 0) is 29.9 Å². The molecule has 1 fully saturated rings. The summed E-state index contributed by atoms with van der Waals surface area (Å²) >= 11 is 0. The standard InChI is InChI=1S/C23H20F9NO2/c24-21(25,26)15-5-6-17(22(27,28)29)14(11-15)12-33-8-7-13(10-20(34)35)9-19(33)16-3-1-2-4-18(16)23(30,31)32/h1-6,11,13,19H,7-10,12H2,(H,34,35)/t13-,19+/m0/s1. The molecule has 0 radical (unpaired) electrons. The summed E-state index contributed by atoms with van der Waals surface area (Å²) in [7, 11) is 0. The number of halogens is 9. The van der Waals surface area contributed by atoms with E-state index in [-0.39, 0.29) is 31.4 Å². The van der Waals surface area contributed by atoms with Crippen LogP contribution in [0.1, 0.15) is 53.1 Å². The normalized spacial score (nSPS) is 20.1. The van der Waals surface area contributed by atoms with Crippen molar-refractivity contribution in [3.8, 4) is 0 Å². The highest BCUT2D eigenvalue weighted by Crippen LogP contribution is 2.44. The fraction of sp³-hybridized carbons (Fsp3) is 0.435. The first-order valence-electron chi connectivity index (χ1n) is 10.5. The van der Waals surface area contributed by atoms with Gasteiger partial charge in [0.15, 0.2) is 0 Å². The summed E-state index contributed by atoms with van der Waals surface area (Å²) in [6.45, 7) is -0.794. The Labute approximate surface area is 194 Å². The largest absolute Gasteiger partial charge is 0.481 e. The van der Waals surface area contributed by atoms with Crippen molar-refractivity contribution in [3.63, 3.8) is 0 Å². The predicted octanol–water partition coefficient (Wildman–Crippen LogP) is 7.17. The van der Waals surface area contributed by atoms with Crippen molar-refractivity contribution in [1.29, 1.82) is 0 Å². The second-order valence-electron chi connectivity index (χ2n) is 8.43. The molecule has 0 unspecified atom stereocenters. The molecule has 0 amide bonds. The quantitative estimate of drug-likeness (QED) is 0.431. The lowest BCUT2D eigenvalue weighted by atomic mass is 9.83. The van der Waals surface area contributed by atoms with Gasteiger partial charge in [-0.3, -0.25) is 9.69 Å². The van der Waals surface area contributed by atoms with Crippen molar-refractivity contribution in [2.45, 2.75) is 50.4 Å². The van der Waals surface area contributed by atoms with Crippen molar-refractivity contribution in [1.82, 2.24) is 4.90 Å². The predicted molar refractivity (Wildman–Crippen MR) is 106 cm³/mol. The molecule has 3 nitrogen and oxygen atoms in total. The molecule has 192 valence electrons. The van der Waals surface area contributed by atoms with Gasteiger partial charge in [0, 0.05) is 19.0 Å². The van der Waals surface area contributed by atoms with Gasteiger partial charge < -0.3 is 5.11 Å². The number of hydrogen-bond acceptors (Lipinski definition) is 2. The van der Waals surface area contributed by atoms with E-state index in [2.05, 4.69) is 0 Å². The van der Waals surface area contributed by atoms with Crippen LogP contribution in [0.25, 0.3) is 0 Å². The molecule has 1 aliphatic heterocycles. The van der Waals surface area contributed by atoms with Gasteiger partial charge in [-0.25, -0.2) is 0 Å². The molecule has 0 spiro atoms. The number of alkyl halides is 9. The molecule has 3 rings (SSSR count). The second kappa shape index (κ2) is 9.71. The summed E-state index contributed by atoms with van der Waals surface area (Å²) in [5.41, 5.74) is -4.66. The number of carboxylic acids is 1. The van der Waals surface area contributed by atoms with E-state index in [4.69, 9.17) is 5.11 Å². The molecule has 0 aliphatic carbocycles. The number of carbonyl (C=O) groups is 1. The third-order valence-electron chi connectivity index (χ3n) is 6.02. The third-order valence-corrected chi connectivity index (χ3v) is 6.02. The summed E-state index contributed by atoms with van der Waals surface area (Å²) in [4.78, 5) is 12.4. The van der Waals surface area contributed by atoms with Gasteiger partial charge in [-0.15, -0.1) is 0 Å². The van der Waals surface area contributed by atoms with E-state index >= 15 is 0 Å². The summed E-state index contributed by atoms with van der Waals surface area (Å²) in [5.74, 6) is -1.73. The molecule has 2 aromatic carbocycles. The Bertz CT molecular complexity index is 1060. The average molecular weight is 513 g/mol. The van der Waals surface area contributed by atoms with Gasteiger partial charge in [-0.05, 0) is 60.7 Å². The van der Waals surface area contributed by atoms with Gasteiger partial charge in [0.2, 0.25) is 0 Å². The zero-order valence-corrected chi connectivity index (χ0v) is 17.9. The minimum Gasteiger partial charge on any atom is -0.481 e. The van der Waals surface area contributed by atoms with E-state index < -0.39 is 65.3 Å². The molecule has 0 bridgehead atoms. The zero-order chi connectivity index (χ0) is 26.2. The first kappa shape index (κ1) is 26.8. The minimum absolute atomic E-state index is 0.0949. The molecule has 1 N–H and O–H groups in total. The molecule has 35 heavy (non-hydrogen) atoms. The van der Waals surface area contributed by atoms with Crippen LogP contribution in [0.15, 0.2) is 42.5 Å². The molecule has 0 saturated carbocycles. The van der Waals surface area contributed by atoms with Crippen molar-refractivity contribution in [2.24, 2.45) is 5.92 Å². The fourth-order valence-corrected chi connectivity index (χ4v) is 4.47. The Morgan fingerprint density at radius 1 is 0.886 bits per heavy atom. The van der Waals surface area contributed by atoms with Crippen molar-refractivity contribution in [2.75, 3.05) is 6.54 Å². The highest BCUT2D eigenvalue weighted by atomic mass is 19.4. The highest BCUT2D eigenvalue weighted by molar-refractivity contribution is 5.67. The molecule has 1 saturated heterocycles. The summed E-state index contributed by atoms with van der Waals surface area (Å²) in [5, 5.41) is 9.12. The first-order chi connectivity index (χ1) is 16.1. The summed E-state index contributed by atoms with van der Waals surface area (Å²) in [6.07, 6.45) is -15.0. The number of aliphatic carboxylic acids is 1. The molecule has 2 atom stereocenters. The fourth-order valence-electron chi connectivity index (χ4n) is 4.47. The van der Waals surface area contributed by atoms with Crippen LogP contribution in [-0.4, -0.2) is 22.5 Å². The minimum atomic E-state index is -4.99. The maximum absolute atomic E-state index is 13.7. The maximum atomic E-state index is 13.7. The topological polar surface area (TPSA) is 40.5 Å². The van der Waals surface area contributed by atoms with Gasteiger partial charge in [0.1, 0.15) is 0 Å². The van der Waals surface area contributed by atoms with Crippen LogP contribution < -0.4 is 0 Å². The highest BCUT2D eigenvalue weighted by Gasteiger charge is 2.41. The number of rotatable bonds is 5. The molecule has 2 aromatic rings. The molecule has 1 aliphatic rings. The average Bonchev–Trinajstić information content (AvgIpc) is 2.72. The smallest absolute Gasteiger partial charge is 0.416 e. The van der Waals surface area contributed by atoms with E-state index in [0.717, 1.165) is 18.2 Å². The number of likely N-dealkylation sites (tertiary alicyclic amines) is 1. The van der Waals surface area contributed by atoms with Crippen molar-refractivity contribution in [3.05, 3.63) is 70.3 Å². The van der Waals surface area contributed by atoms with Crippen molar-refractivity contribution < 1.29 is 49.4 Å². The number of piperidine rings is 1. The van der Waals surface area contributed by atoms with Crippen molar-refractivity contribution >= 4 is 5.97 Å². The number of carboxylic acid groups (broad SMARTS) is 1. The van der Waals surface area contributed by atoms with E-state index in [9.17, 15) is 44.3 Å². The SMILES string of the molecule is O=C(O)C[C@H]1CCN(Cc2cc(C(F)(F)F)ccc2C(F)(F)F)[C@@H](c2ccccc2C(F)(F)F)C1.